The molecule has 21 heavy (non-hydrogen) atoms. The second-order valence-corrected chi connectivity index (χ2v) is 6.62. The third-order valence-corrected chi connectivity index (χ3v) is 4.70. The Balaban J connectivity index is 1.63. The maximum atomic E-state index is 5.92. The number of hydrogen-bond donors (Lipinski definition) is 1. The van der Waals surface area contributed by atoms with Gasteiger partial charge in [0.2, 0.25) is 0 Å². The SMILES string of the molecule is CN1CCOC(CN2CCNC(C)(c3ccccc3)C2)C1. The summed E-state index contributed by atoms with van der Waals surface area (Å²) in [5, 5.41) is 3.69. The molecule has 2 aliphatic rings. The Morgan fingerprint density at radius 2 is 2.10 bits per heavy atom. The fraction of sp³-hybridized carbons (Fsp3) is 0.647. The Kier molecular flexibility index (Phi) is 4.60. The van der Waals surface area contributed by atoms with Crippen LogP contribution in [0.1, 0.15) is 12.5 Å². The van der Waals surface area contributed by atoms with E-state index in [1.165, 1.54) is 5.56 Å². The largest absolute Gasteiger partial charge is 0.374 e. The molecular formula is C17H27N3O. The van der Waals surface area contributed by atoms with Crippen molar-refractivity contribution in [1.29, 1.82) is 0 Å². The summed E-state index contributed by atoms with van der Waals surface area (Å²) in [6, 6.07) is 10.8. The quantitative estimate of drug-likeness (QED) is 0.903. The molecule has 0 spiro atoms. The highest BCUT2D eigenvalue weighted by Gasteiger charge is 2.33. The summed E-state index contributed by atoms with van der Waals surface area (Å²) in [4.78, 5) is 4.92. The van der Waals surface area contributed by atoms with Gasteiger partial charge < -0.3 is 15.0 Å². The normalized spacial score (nSPS) is 32.2. The van der Waals surface area contributed by atoms with E-state index in [1.54, 1.807) is 0 Å². The van der Waals surface area contributed by atoms with Crippen LogP contribution in [0.25, 0.3) is 0 Å². The molecule has 2 unspecified atom stereocenters. The van der Waals surface area contributed by atoms with Crippen LogP contribution in [0.2, 0.25) is 0 Å². The molecule has 0 aliphatic carbocycles. The van der Waals surface area contributed by atoms with Crippen molar-refractivity contribution in [2.24, 2.45) is 0 Å². The molecule has 116 valence electrons. The number of morpholine rings is 1. The standard InChI is InChI=1S/C17H27N3O/c1-17(15-6-4-3-5-7-15)14-20(9-8-18-17)13-16-12-19(2)10-11-21-16/h3-7,16,18H,8-14H2,1-2H3. The highest BCUT2D eigenvalue weighted by Crippen LogP contribution is 2.24. The molecule has 4 heteroatoms. The van der Waals surface area contributed by atoms with Gasteiger partial charge in [0.25, 0.3) is 0 Å². The average Bonchev–Trinajstić information content (AvgIpc) is 2.48. The van der Waals surface area contributed by atoms with E-state index in [9.17, 15) is 0 Å². The molecule has 3 rings (SSSR count). The second kappa shape index (κ2) is 6.44. The predicted octanol–water partition coefficient (Wildman–Crippen LogP) is 1.14. The molecular weight excluding hydrogens is 262 g/mol. The van der Waals surface area contributed by atoms with Crippen LogP contribution in [0.4, 0.5) is 0 Å². The highest BCUT2D eigenvalue weighted by molar-refractivity contribution is 5.24. The maximum Gasteiger partial charge on any atom is 0.0829 e. The first-order chi connectivity index (χ1) is 10.2. The smallest absolute Gasteiger partial charge is 0.0829 e. The Morgan fingerprint density at radius 3 is 2.86 bits per heavy atom. The van der Waals surface area contributed by atoms with Crippen LogP contribution in [0.15, 0.2) is 30.3 Å². The van der Waals surface area contributed by atoms with E-state index in [0.29, 0.717) is 6.10 Å². The monoisotopic (exact) mass is 289 g/mol. The van der Waals surface area contributed by atoms with Crippen molar-refractivity contribution in [3.8, 4) is 0 Å². The molecule has 0 saturated carbocycles. The van der Waals surface area contributed by atoms with Crippen LogP contribution >= 0.6 is 0 Å². The van der Waals surface area contributed by atoms with Gasteiger partial charge in [-0.05, 0) is 19.5 Å². The number of nitrogens with zero attached hydrogens (tertiary/aromatic N) is 2. The Morgan fingerprint density at radius 1 is 1.29 bits per heavy atom. The summed E-state index contributed by atoms with van der Waals surface area (Å²) < 4.78 is 5.92. The van der Waals surface area contributed by atoms with E-state index in [0.717, 1.165) is 45.9 Å². The molecule has 1 aromatic rings. The van der Waals surface area contributed by atoms with Gasteiger partial charge in [-0.2, -0.15) is 0 Å². The van der Waals surface area contributed by atoms with Gasteiger partial charge in [0.15, 0.2) is 0 Å². The van der Waals surface area contributed by atoms with E-state index in [1.807, 2.05) is 0 Å². The third-order valence-electron chi connectivity index (χ3n) is 4.70. The highest BCUT2D eigenvalue weighted by atomic mass is 16.5. The summed E-state index contributed by atoms with van der Waals surface area (Å²) in [6.45, 7) is 9.49. The van der Waals surface area contributed by atoms with E-state index in [4.69, 9.17) is 4.74 Å². The minimum absolute atomic E-state index is 0.0417. The van der Waals surface area contributed by atoms with Gasteiger partial charge in [-0.25, -0.2) is 0 Å². The number of piperazine rings is 1. The minimum atomic E-state index is 0.0417. The summed E-state index contributed by atoms with van der Waals surface area (Å²) >= 11 is 0. The molecule has 2 atom stereocenters. The summed E-state index contributed by atoms with van der Waals surface area (Å²) in [5.41, 5.74) is 1.41. The zero-order valence-electron chi connectivity index (χ0n) is 13.2. The Labute approximate surface area is 128 Å². The summed E-state index contributed by atoms with van der Waals surface area (Å²) in [5.74, 6) is 0. The van der Waals surface area contributed by atoms with Crippen LogP contribution < -0.4 is 5.32 Å². The number of hydrogen-bond acceptors (Lipinski definition) is 4. The minimum Gasteiger partial charge on any atom is -0.374 e. The zero-order chi connectivity index (χ0) is 14.7. The van der Waals surface area contributed by atoms with Gasteiger partial charge in [0, 0.05) is 39.3 Å². The molecule has 0 radical (unpaired) electrons. The van der Waals surface area contributed by atoms with Crippen molar-refractivity contribution in [2.45, 2.75) is 18.6 Å². The second-order valence-electron chi connectivity index (χ2n) is 6.62. The van der Waals surface area contributed by atoms with E-state index >= 15 is 0 Å². The van der Waals surface area contributed by atoms with Crippen LogP contribution in [0.3, 0.4) is 0 Å². The van der Waals surface area contributed by atoms with E-state index < -0.39 is 0 Å². The van der Waals surface area contributed by atoms with Gasteiger partial charge in [-0.1, -0.05) is 30.3 Å². The van der Waals surface area contributed by atoms with Gasteiger partial charge >= 0.3 is 0 Å². The topological polar surface area (TPSA) is 27.7 Å². The molecule has 2 aliphatic heterocycles. The number of rotatable bonds is 3. The summed E-state index contributed by atoms with van der Waals surface area (Å²) in [6.07, 6.45) is 0.349. The molecule has 0 aromatic heterocycles. The molecule has 4 nitrogen and oxygen atoms in total. The van der Waals surface area contributed by atoms with Crippen LogP contribution in [0.5, 0.6) is 0 Å². The average molecular weight is 289 g/mol. The van der Waals surface area contributed by atoms with Crippen LogP contribution in [-0.2, 0) is 10.3 Å². The van der Waals surface area contributed by atoms with Crippen molar-refractivity contribution in [3.05, 3.63) is 35.9 Å². The lowest BCUT2D eigenvalue weighted by Gasteiger charge is -2.43. The first-order valence-corrected chi connectivity index (χ1v) is 7.99. The van der Waals surface area contributed by atoms with Gasteiger partial charge in [0.05, 0.1) is 18.2 Å². The Bertz CT molecular complexity index is 453. The van der Waals surface area contributed by atoms with Crippen molar-refractivity contribution < 1.29 is 4.74 Å². The number of benzene rings is 1. The van der Waals surface area contributed by atoms with E-state index in [-0.39, 0.29) is 5.54 Å². The van der Waals surface area contributed by atoms with Crippen LogP contribution in [-0.4, -0.2) is 68.8 Å². The Hall–Kier alpha value is -0.940. The molecule has 0 bridgehead atoms. The molecule has 1 N–H and O–H groups in total. The summed E-state index contributed by atoms with van der Waals surface area (Å²) in [7, 11) is 2.18. The first kappa shape index (κ1) is 15.0. The predicted molar refractivity (Wildman–Crippen MR) is 85.5 cm³/mol. The fourth-order valence-corrected chi connectivity index (χ4v) is 3.49. The third kappa shape index (κ3) is 3.64. The zero-order valence-corrected chi connectivity index (χ0v) is 13.2. The maximum absolute atomic E-state index is 5.92. The number of likely N-dealkylation sites (N-methyl/N-ethyl adjacent to an activating group) is 1. The number of ether oxygens (including phenoxy) is 1. The molecule has 2 heterocycles. The molecule has 2 saturated heterocycles. The van der Waals surface area contributed by atoms with Gasteiger partial charge in [-0.3, -0.25) is 4.90 Å². The fourth-order valence-electron chi connectivity index (χ4n) is 3.49. The van der Waals surface area contributed by atoms with Crippen LogP contribution in [0, 0.1) is 0 Å². The first-order valence-electron chi connectivity index (χ1n) is 7.99. The molecule has 0 amide bonds. The lowest BCUT2D eigenvalue weighted by molar-refractivity contribution is -0.0420. The van der Waals surface area contributed by atoms with E-state index in [2.05, 4.69) is 59.4 Å². The van der Waals surface area contributed by atoms with Gasteiger partial charge in [-0.15, -0.1) is 0 Å². The van der Waals surface area contributed by atoms with Crippen molar-refractivity contribution in [2.75, 3.05) is 52.9 Å². The molecule has 1 aromatic carbocycles. The van der Waals surface area contributed by atoms with Crippen molar-refractivity contribution in [1.82, 2.24) is 15.1 Å². The van der Waals surface area contributed by atoms with Crippen molar-refractivity contribution in [3.63, 3.8) is 0 Å². The number of nitrogens with one attached hydrogen (secondary N) is 1. The lowest BCUT2D eigenvalue weighted by Crippen LogP contribution is -2.58. The van der Waals surface area contributed by atoms with Crippen molar-refractivity contribution >= 4 is 0 Å². The lowest BCUT2D eigenvalue weighted by atomic mass is 9.89. The molecule has 2 fully saturated rings. The van der Waals surface area contributed by atoms with Gasteiger partial charge in [0.1, 0.15) is 0 Å².